The molecule has 0 aliphatic rings. The summed E-state index contributed by atoms with van der Waals surface area (Å²) in [6, 6.07) is -8.45. The van der Waals surface area contributed by atoms with Crippen LogP contribution in [-0.4, -0.2) is 24.1 Å². The van der Waals surface area contributed by atoms with Crippen LogP contribution in [0.5, 0.6) is 0 Å². The first-order chi connectivity index (χ1) is 38.3. The summed E-state index contributed by atoms with van der Waals surface area (Å²) < 4.78 is 224. The average molecular weight is 754 g/mol. The first-order valence-electron chi connectivity index (χ1n) is 29.2. The van der Waals surface area contributed by atoms with Gasteiger partial charge in [-0.25, -0.2) is 4.98 Å². The predicted octanol–water partition coefficient (Wildman–Crippen LogP) is 13.0. The molecule has 0 atom stereocenters. The second kappa shape index (κ2) is 12.3. The van der Waals surface area contributed by atoms with E-state index in [0.717, 1.165) is 9.13 Å². The molecule has 57 heavy (non-hydrogen) atoms. The Hall–Kier alpha value is -7.83. The van der Waals surface area contributed by atoms with Gasteiger partial charge in [-0.1, -0.05) is 145 Å². The monoisotopic (exact) mass is 753 g/mol. The van der Waals surface area contributed by atoms with Gasteiger partial charge in [-0.05, 0) is 53.5 Å². The molecule has 0 spiro atoms. The Morgan fingerprint density at radius 3 is 1.91 bits per heavy atom. The maximum absolute atomic E-state index is 9.89. The Bertz CT molecular complexity index is 4870. The van der Waals surface area contributed by atoms with Crippen LogP contribution in [0.25, 0.3) is 111 Å². The van der Waals surface area contributed by atoms with Gasteiger partial charge in [0.15, 0.2) is 11.6 Å². The number of hydrogen-bond donors (Lipinski definition) is 0. The van der Waals surface area contributed by atoms with Gasteiger partial charge in [-0.3, -0.25) is 4.57 Å². The van der Waals surface area contributed by atoms with Crippen molar-refractivity contribution in [1.82, 2.24) is 24.1 Å². The molecule has 0 saturated carbocycles. The fraction of sp³-hybridized carbons (Fsp3) is 0. The van der Waals surface area contributed by atoms with Crippen molar-refractivity contribution < 1.29 is 37.3 Å². The van der Waals surface area contributed by atoms with Crippen LogP contribution in [0.1, 0.15) is 32.9 Å². The van der Waals surface area contributed by atoms with Crippen molar-refractivity contribution in [1.29, 1.82) is 0 Å². The zero-order valence-corrected chi connectivity index (χ0v) is 28.7. The molecule has 0 aliphatic carbocycles. The van der Waals surface area contributed by atoms with E-state index in [1.807, 2.05) is 0 Å². The van der Waals surface area contributed by atoms with Gasteiger partial charge in [-0.2, -0.15) is 9.97 Å². The minimum Gasteiger partial charge on any atom is -0.455 e. The van der Waals surface area contributed by atoms with Gasteiger partial charge in [0.25, 0.3) is 0 Å². The fourth-order valence-corrected chi connectivity index (χ4v) is 7.15. The van der Waals surface area contributed by atoms with Crippen molar-refractivity contribution in [3.05, 3.63) is 187 Å². The predicted molar refractivity (Wildman–Crippen MR) is 232 cm³/mol. The lowest BCUT2D eigenvalue weighted by molar-refractivity contribution is 0.669. The second-order valence-electron chi connectivity index (χ2n) is 12.6. The zero-order valence-electron chi connectivity index (χ0n) is 52.7. The molecule has 0 amide bonds. The number of hydrogen-bond acceptors (Lipinski definition) is 4. The first-order valence-corrected chi connectivity index (χ1v) is 17.2. The molecule has 6 heteroatoms. The molecular weight excluding hydrogens is 699 g/mol. The van der Waals surface area contributed by atoms with E-state index in [9.17, 15) is 16.4 Å². The maximum Gasteiger partial charge on any atom is 0.238 e. The van der Waals surface area contributed by atoms with E-state index in [1.54, 1.807) is 36.4 Å². The van der Waals surface area contributed by atoms with Crippen molar-refractivity contribution in [2.75, 3.05) is 0 Å². The molecule has 266 valence electrons. The van der Waals surface area contributed by atoms with Gasteiger partial charge in [0, 0.05) is 43.6 Å². The molecular formula is C51H31N5O. The summed E-state index contributed by atoms with van der Waals surface area (Å²) in [7, 11) is 0. The van der Waals surface area contributed by atoms with Crippen molar-refractivity contribution >= 4 is 65.6 Å². The Balaban J connectivity index is 1.32. The van der Waals surface area contributed by atoms with Crippen LogP contribution in [0.3, 0.4) is 0 Å². The molecule has 0 unspecified atom stereocenters. The van der Waals surface area contributed by atoms with Crippen LogP contribution >= 0.6 is 0 Å². The summed E-state index contributed by atoms with van der Waals surface area (Å²) in [5, 5.41) is -0.631. The lowest BCUT2D eigenvalue weighted by Crippen LogP contribution is -2.06. The molecule has 6 nitrogen and oxygen atoms in total. The molecule has 0 saturated heterocycles. The summed E-state index contributed by atoms with van der Waals surface area (Å²) in [4.78, 5) is 14.2. The number of para-hydroxylation sites is 5. The number of benzene rings is 8. The molecule has 4 aromatic heterocycles. The Morgan fingerprint density at radius 1 is 0.439 bits per heavy atom. The van der Waals surface area contributed by atoms with E-state index in [1.165, 1.54) is 6.07 Å². The van der Waals surface area contributed by atoms with Crippen LogP contribution in [0.15, 0.2) is 192 Å². The molecule has 4 heterocycles. The molecule has 0 aliphatic heterocycles. The Morgan fingerprint density at radius 2 is 1.09 bits per heavy atom. The largest absolute Gasteiger partial charge is 0.455 e. The third-order valence-electron chi connectivity index (χ3n) is 9.52. The van der Waals surface area contributed by atoms with E-state index in [0.29, 0.717) is 16.4 Å². The van der Waals surface area contributed by atoms with Crippen LogP contribution in [-0.2, 0) is 0 Å². The van der Waals surface area contributed by atoms with E-state index < -0.39 is 223 Å². The molecule has 0 radical (unpaired) electrons. The number of fused-ring (bicyclic) bond motifs is 10. The normalized spacial score (nSPS) is 17.8. The van der Waals surface area contributed by atoms with Gasteiger partial charge in [0.2, 0.25) is 5.95 Å². The first kappa shape index (κ1) is 16.1. The Labute approximate surface area is 360 Å². The van der Waals surface area contributed by atoms with Crippen molar-refractivity contribution in [3.63, 3.8) is 0 Å². The third kappa shape index (κ3) is 4.81. The van der Waals surface area contributed by atoms with Gasteiger partial charge in [0.1, 0.15) is 11.2 Å². The van der Waals surface area contributed by atoms with Gasteiger partial charge in [-0.15, -0.1) is 0 Å². The summed E-state index contributed by atoms with van der Waals surface area (Å²) in [5.41, 5.74) is -4.08. The Kier molecular flexibility index (Phi) is 3.49. The van der Waals surface area contributed by atoms with Crippen molar-refractivity contribution in [2.45, 2.75) is 0 Å². The highest BCUT2D eigenvalue weighted by Gasteiger charge is 2.24. The standard InChI is InChI=1S/C51H31N5O/c1-3-14-32(15-4-1)33-26-28-34(29-27-33)49-52-50(41-22-13-21-39-37-19-9-12-25-45(37)57-48(39)41)54-51(53-49)56-43-24-11-8-20-40(43)46-44(56)31-30-38-36-18-7-10-23-42(36)55(47(38)46)35-16-5-2-6-17-35/h1-31H/i1D,2D,3D,4D,5D,6D,7D,8D,10D,11D,14D,15D,16D,17D,18D,20D,23D,24D,26D,27D,28D,29D,30D,31D. The van der Waals surface area contributed by atoms with Crippen LogP contribution < -0.4 is 0 Å². The second-order valence-corrected chi connectivity index (χ2v) is 12.6. The quantitative estimate of drug-likeness (QED) is 0.176. The van der Waals surface area contributed by atoms with E-state index in [2.05, 4.69) is 4.98 Å². The highest BCUT2D eigenvalue weighted by molar-refractivity contribution is 6.26. The number of furan rings is 1. The summed E-state index contributed by atoms with van der Waals surface area (Å²) in [5.74, 6) is -1.70. The summed E-state index contributed by atoms with van der Waals surface area (Å²) >= 11 is 0. The van der Waals surface area contributed by atoms with Crippen LogP contribution in [0.2, 0.25) is 0 Å². The molecule has 12 rings (SSSR count). The van der Waals surface area contributed by atoms with E-state index in [-0.39, 0.29) is 17.0 Å². The average Bonchev–Trinajstić information content (AvgIpc) is 1.78. The molecule has 0 N–H and O–H groups in total. The minimum atomic E-state index is -0.900. The van der Waals surface area contributed by atoms with Crippen LogP contribution in [0, 0.1) is 0 Å². The SMILES string of the molecule is [2H]c1c([2H])c([2H])c(-c2c([2H])c([2H])c(-c3nc(-c4cccc5c4oc4ccccc45)nc(-n4c5c([2H])c([2H])c([2H])c([2H])c5c5c4c([2H])c([2H])c4c6c([2H])c([2H])c([2H])c([2H])c6n(-c6c([2H])c([2H])c([2H])c([2H])c6[2H])c45)n3)c([2H])c2[2H])c([2H])c1[2H]. The fourth-order valence-electron chi connectivity index (χ4n) is 7.15. The van der Waals surface area contributed by atoms with E-state index in [4.69, 9.17) is 30.8 Å². The maximum atomic E-state index is 9.89. The van der Waals surface area contributed by atoms with Gasteiger partial charge >= 0.3 is 0 Å². The molecule has 0 bridgehead atoms. The summed E-state index contributed by atoms with van der Waals surface area (Å²) in [6.07, 6.45) is 0. The van der Waals surface area contributed by atoms with Gasteiger partial charge < -0.3 is 8.98 Å². The number of rotatable bonds is 5. The highest BCUT2D eigenvalue weighted by Crippen LogP contribution is 2.42. The lowest BCUT2D eigenvalue weighted by Gasteiger charge is -2.12. The third-order valence-corrected chi connectivity index (χ3v) is 9.52. The minimum absolute atomic E-state index is 0.0987. The highest BCUT2D eigenvalue weighted by atomic mass is 16.3. The van der Waals surface area contributed by atoms with Gasteiger partial charge in [0.05, 0.1) is 60.5 Å². The topological polar surface area (TPSA) is 61.7 Å². The van der Waals surface area contributed by atoms with E-state index >= 15 is 0 Å². The van der Waals surface area contributed by atoms with Crippen molar-refractivity contribution in [2.24, 2.45) is 0 Å². The van der Waals surface area contributed by atoms with Crippen LogP contribution in [0.4, 0.5) is 0 Å². The number of aromatic nitrogens is 5. The lowest BCUT2D eigenvalue weighted by atomic mass is 10.0. The molecule has 12 aromatic rings. The molecule has 8 aromatic carbocycles. The smallest absolute Gasteiger partial charge is 0.238 e. The summed E-state index contributed by atoms with van der Waals surface area (Å²) in [6.45, 7) is 0. The van der Waals surface area contributed by atoms with Crippen molar-refractivity contribution in [3.8, 4) is 45.5 Å². The molecule has 0 fully saturated rings. The zero-order chi connectivity index (χ0) is 58.3. The number of nitrogens with zero attached hydrogens (tertiary/aromatic N) is 5.